The minimum atomic E-state index is -0.138. The molecule has 1 aromatic carbocycles. The Bertz CT molecular complexity index is 404. The number of guanidine groups is 2. The van der Waals surface area contributed by atoms with Crippen LogP contribution in [0.25, 0.3) is 0 Å². The largest absolute Gasteiger partial charge is 0.370 e. The van der Waals surface area contributed by atoms with Gasteiger partial charge in [0.1, 0.15) is 0 Å². The SMILES string of the molecule is Cc1cccc(Cl)c1N=C(N)N=C(N)N.Cl. The van der Waals surface area contributed by atoms with Gasteiger partial charge >= 0.3 is 0 Å². The first kappa shape index (κ1) is 14.5. The second-order valence-electron chi connectivity index (χ2n) is 2.91. The van der Waals surface area contributed by atoms with Gasteiger partial charge in [0.25, 0.3) is 0 Å². The second kappa shape index (κ2) is 6.19. The van der Waals surface area contributed by atoms with Crippen molar-refractivity contribution in [2.45, 2.75) is 6.92 Å². The van der Waals surface area contributed by atoms with Crippen LogP contribution in [0, 0.1) is 6.92 Å². The minimum Gasteiger partial charge on any atom is -0.370 e. The van der Waals surface area contributed by atoms with Crippen molar-refractivity contribution >= 4 is 41.6 Å². The topological polar surface area (TPSA) is 103 Å². The molecule has 0 radical (unpaired) electrons. The van der Waals surface area contributed by atoms with Crippen molar-refractivity contribution < 1.29 is 0 Å². The summed E-state index contributed by atoms with van der Waals surface area (Å²) in [5, 5.41) is 0.503. The molecule has 88 valence electrons. The van der Waals surface area contributed by atoms with Crippen LogP contribution in [0.2, 0.25) is 5.02 Å². The van der Waals surface area contributed by atoms with Crippen molar-refractivity contribution in [2.75, 3.05) is 0 Å². The normalized spacial score (nSPS) is 10.5. The summed E-state index contributed by atoms with van der Waals surface area (Å²) in [6.07, 6.45) is 0. The molecule has 6 N–H and O–H groups in total. The third-order valence-corrected chi connectivity index (χ3v) is 1.96. The molecule has 16 heavy (non-hydrogen) atoms. The lowest BCUT2D eigenvalue weighted by Crippen LogP contribution is -2.26. The monoisotopic (exact) mass is 261 g/mol. The maximum absolute atomic E-state index is 5.94. The fourth-order valence-corrected chi connectivity index (χ4v) is 1.30. The average Bonchev–Trinajstić information content (AvgIpc) is 2.10. The van der Waals surface area contributed by atoms with Crippen LogP contribution in [-0.2, 0) is 0 Å². The molecule has 0 heterocycles. The van der Waals surface area contributed by atoms with Crippen LogP contribution < -0.4 is 17.2 Å². The predicted molar refractivity (Wildman–Crippen MR) is 70.5 cm³/mol. The lowest BCUT2D eigenvalue weighted by molar-refractivity contribution is 1.34. The number of nitrogens with two attached hydrogens (primary N) is 3. The number of rotatable bonds is 1. The Morgan fingerprint density at radius 2 is 1.88 bits per heavy atom. The van der Waals surface area contributed by atoms with Gasteiger partial charge in [0.05, 0.1) is 10.7 Å². The first-order valence-electron chi connectivity index (χ1n) is 4.19. The lowest BCUT2D eigenvalue weighted by atomic mass is 10.2. The maximum atomic E-state index is 5.94. The summed E-state index contributed by atoms with van der Waals surface area (Å²) in [5.41, 5.74) is 17.3. The molecule has 0 saturated carbocycles. The molecule has 5 nitrogen and oxygen atoms in total. The van der Waals surface area contributed by atoms with Crippen LogP contribution in [0.5, 0.6) is 0 Å². The summed E-state index contributed by atoms with van der Waals surface area (Å²) >= 11 is 5.94. The van der Waals surface area contributed by atoms with Crippen molar-refractivity contribution in [1.82, 2.24) is 0 Å². The summed E-state index contributed by atoms with van der Waals surface area (Å²) in [7, 11) is 0. The Kier molecular flexibility index (Phi) is 5.63. The molecule has 0 aliphatic carbocycles. The quantitative estimate of drug-likeness (QED) is 0.524. The van der Waals surface area contributed by atoms with Crippen molar-refractivity contribution in [3.8, 4) is 0 Å². The van der Waals surface area contributed by atoms with Gasteiger partial charge < -0.3 is 17.2 Å². The van der Waals surface area contributed by atoms with Gasteiger partial charge in [0.2, 0.25) is 5.96 Å². The van der Waals surface area contributed by atoms with Crippen molar-refractivity contribution in [2.24, 2.45) is 27.2 Å². The van der Waals surface area contributed by atoms with Crippen LogP contribution in [0.4, 0.5) is 5.69 Å². The first-order chi connectivity index (χ1) is 7.00. The van der Waals surface area contributed by atoms with E-state index in [1.54, 1.807) is 6.07 Å². The van der Waals surface area contributed by atoms with Crippen molar-refractivity contribution in [1.29, 1.82) is 0 Å². The molecule has 0 amide bonds. The van der Waals surface area contributed by atoms with E-state index in [0.29, 0.717) is 10.7 Å². The van der Waals surface area contributed by atoms with E-state index in [-0.39, 0.29) is 24.3 Å². The Morgan fingerprint density at radius 3 is 2.38 bits per heavy atom. The average molecular weight is 262 g/mol. The van der Waals surface area contributed by atoms with Crippen molar-refractivity contribution in [3.05, 3.63) is 28.8 Å². The van der Waals surface area contributed by atoms with E-state index < -0.39 is 0 Å². The predicted octanol–water partition coefficient (Wildman–Crippen LogP) is 1.29. The van der Waals surface area contributed by atoms with E-state index in [0.717, 1.165) is 5.56 Å². The molecule has 0 bridgehead atoms. The van der Waals surface area contributed by atoms with Crippen molar-refractivity contribution in [3.63, 3.8) is 0 Å². The molecular weight excluding hydrogens is 249 g/mol. The Labute approximate surface area is 105 Å². The van der Waals surface area contributed by atoms with E-state index in [2.05, 4.69) is 9.98 Å². The van der Waals surface area contributed by atoms with Crippen LogP contribution in [-0.4, -0.2) is 11.9 Å². The van der Waals surface area contributed by atoms with Gasteiger partial charge in [-0.2, -0.15) is 4.99 Å². The fraction of sp³-hybridized carbons (Fsp3) is 0.111. The molecular formula is C9H13Cl2N5. The minimum absolute atomic E-state index is 0. The highest BCUT2D eigenvalue weighted by Crippen LogP contribution is 2.28. The van der Waals surface area contributed by atoms with Gasteiger partial charge in [0, 0.05) is 0 Å². The molecule has 0 saturated heterocycles. The van der Waals surface area contributed by atoms with Crippen LogP contribution in [0.3, 0.4) is 0 Å². The first-order valence-corrected chi connectivity index (χ1v) is 4.57. The third kappa shape index (κ3) is 3.96. The molecule has 7 heteroatoms. The van der Waals surface area contributed by atoms with E-state index in [1.807, 2.05) is 19.1 Å². The van der Waals surface area contributed by atoms with Gasteiger partial charge in [-0.1, -0.05) is 23.7 Å². The summed E-state index contributed by atoms with van der Waals surface area (Å²) in [6.45, 7) is 1.87. The van der Waals surface area contributed by atoms with Crippen LogP contribution in [0.1, 0.15) is 5.56 Å². The lowest BCUT2D eigenvalue weighted by Gasteiger charge is -2.02. The van der Waals surface area contributed by atoms with E-state index in [4.69, 9.17) is 28.8 Å². The van der Waals surface area contributed by atoms with Crippen LogP contribution in [0.15, 0.2) is 28.2 Å². The molecule has 0 spiro atoms. The molecule has 0 aliphatic rings. The number of aryl methyl sites for hydroxylation is 1. The number of nitrogens with zero attached hydrogens (tertiary/aromatic N) is 2. The highest BCUT2D eigenvalue weighted by atomic mass is 35.5. The zero-order valence-corrected chi connectivity index (χ0v) is 10.2. The fourth-order valence-electron chi connectivity index (χ4n) is 1.04. The molecule has 1 aromatic rings. The summed E-state index contributed by atoms with van der Waals surface area (Å²) in [4.78, 5) is 7.61. The van der Waals surface area contributed by atoms with Gasteiger partial charge in [0.15, 0.2) is 5.96 Å². The highest BCUT2D eigenvalue weighted by Gasteiger charge is 2.02. The molecule has 0 aromatic heterocycles. The summed E-state index contributed by atoms with van der Waals surface area (Å²) in [6, 6.07) is 5.41. The zero-order valence-electron chi connectivity index (χ0n) is 8.64. The van der Waals surface area contributed by atoms with Gasteiger partial charge in [-0.05, 0) is 18.6 Å². The van der Waals surface area contributed by atoms with E-state index >= 15 is 0 Å². The van der Waals surface area contributed by atoms with Gasteiger partial charge in [-0.3, -0.25) is 0 Å². The molecule has 0 atom stereocenters. The van der Waals surface area contributed by atoms with Gasteiger partial charge in [-0.25, -0.2) is 4.99 Å². The number of benzene rings is 1. The Hall–Kier alpha value is -1.46. The Morgan fingerprint density at radius 1 is 1.25 bits per heavy atom. The number of hydrogen-bond donors (Lipinski definition) is 3. The zero-order chi connectivity index (χ0) is 11.4. The van der Waals surface area contributed by atoms with Crippen LogP contribution >= 0.6 is 24.0 Å². The molecule has 1 rings (SSSR count). The number of para-hydroxylation sites is 1. The second-order valence-corrected chi connectivity index (χ2v) is 3.32. The number of halogens is 2. The number of aliphatic imine (C=N–C) groups is 2. The highest BCUT2D eigenvalue weighted by molar-refractivity contribution is 6.33. The standard InChI is InChI=1S/C9H12ClN5.ClH/c1-5-3-2-4-6(10)7(5)14-9(13)15-8(11)12;/h2-4H,1H3,(H6,11,12,13,14,15);1H. The maximum Gasteiger partial charge on any atom is 0.223 e. The number of hydrogen-bond acceptors (Lipinski definition) is 1. The molecule has 0 aliphatic heterocycles. The molecule has 0 fully saturated rings. The van der Waals surface area contributed by atoms with Gasteiger partial charge in [-0.15, -0.1) is 12.4 Å². The summed E-state index contributed by atoms with van der Waals surface area (Å²) < 4.78 is 0. The van der Waals surface area contributed by atoms with E-state index in [9.17, 15) is 0 Å². The molecule has 0 unspecified atom stereocenters. The Balaban J connectivity index is 0.00000225. The third-order valence-electron chi connectivity index (χ3n) is 1.66. The smallest absolute Gasteiger partial charge is 0.223 e. The van der Waals surface area contributed by atoms with E-state index in [1.165, 1.54) is 0 Å². The summed E-state index contributed by atoms with van der Waals surface area (Å²) in [5.74, 6) is -0.160.